The summed E-state index contributed by atoms with van der Waals surface area (Å²) < 4.78 is 5.39. The highest BCUT2D eigenvalue weighted by Crippen LogP contribution is 2.19. The first-order valence-corrected chi connectivity index (χ1v) is 7.58. The maximum Gasteiger partial charge on any atom is 0.324 e. The summed E-state index contributed by atoms with van der Waals surface area (Å²) in [7, 11) is 0. The van der Waals surface area contributed by atoms with Gasteiger partial charge in [0.1, 0.15) is 5.54 Å². The van der Waals surface area contributed by atoms with Crippen molar-refractivity contribution in [2.75, 3.05) is 52.5 Å². The van der Waals surface area contributed by atoms with E-state index in [-0.39, 0.29) is 0 Å². The number of carbonyl (C=O) groups is 1. The fourth-order valence-corrected chi connectivity index (χ4v) is 3.23. The van der Waals surface area contributed by atoms with Gasteiger partial charge in [0, 0.05) is 32.2 Å². The third kappa shape index (κ3) is 3.69. The van der Waals surface area contributed by atoms with Crippen LogP contribution in [0, 0.1) is 0 Å². The molecule has 20 heavy (non-hydrogen) atoms. The van der Waals surface area contributed by atoms with E-state index in [1.165, 1.54) is 0 Å². The topological polar surface area (TPSA) is 65.0 Å². The molecule has 6 heteroatoms. The quantitative estimate of drug-likeness (QED) is 0.707. The minimum Gasteiger partial charge on any atom is -0.480 e. The number of likely N-dealkylation sites (tertiary alicyclic amines) is 1. The van der Waals surface area contributed by atoms with Crippen LogP contribution in [0.15, 0.2) is 0 Å². The van der Waals surface area contributed by atoms with Crippen LogP contribution in [0.5, 0.6) is 0 Å². The first kappa shape index (κ1) is 15.7. The number of nitrogens with one attached hydrogen (secondary N) is 1. The first-order chi connectivity index (χ1) is 9.55. The van der Waals surface area contributed by atoms with Gasteiger partial charge in [-0.2, -0.15) is 0 Å². The minimum atomic E-state index is -0.853. The molecule has 0 spiro atoms. The van der Waals surface area contributed by atoms with Gasteiger partial charge in [-0.15, -0.1) is 0 Å². The van der Waals surface area contributed by atoms with E-state index in [2.05, 4.69) is 15.1 Å². The summed E-state index contributed by atoms with van der Waals surface area (Å²) in [6.07, 6.45) is 1.13. The highest BCUT2D eigenvalue weighted by Gasteiger charge is 2.37. The molecule has 0 aromatic carbocycles. The third-order valence-corrected chi connectivity index (χ3v) is 4.39. The molecular formula is C14H27N3O3. The van der Waals surface area contributed by atoms with Gasteiger partial charge in [0.25, 0.3) is 0 Å². The Kier molecular flexibility index (Phi) is 5.37. The average molecular weight is 285 g/mol. The number of morpholine rings is 1. The number of carboxylic acid groups (broad SMARTS) is 1. The van der Waals surface area contributed by atoms with E-state index < -0.39 is 11.5 Å². The Hall–Kier alpha value is -0.690. The van der Waals surface area contributed by atoms with E-state index in [0.29, 0.717) is 19.1 Å². The molecule has 0 aliphatic carbocycles. The van der Waals surface area contributed by atoms with Crippen LogP contribution in [-0.4, -0.2) is 84.9 Å². The molecule has 2 N–H and O–H groups in total. The zero-order valence-electron chi connectivity index (χ0n) is 12.6. The van der Waals surface area contributed by atoms with Gasteiger partial charge in [0.15, 0.2) is 0 Å². The summed E-state index contributed by atoms with van der Waals surface area (Å²) in [6, 6.07) is 0.554. The van der Waals surface area contributed by atoms with Gasteiger partial charge < -0.3 is 15.2 Å². The van der Waals surface area contributed by atoms with E-state index in [0.717, 1.165) is 45.8 Å². The van der Waals surface area contributed by atoms with Gasteiger partial charge in [0.05, 0.1) is 13.2 Å². The maximum absolute atomic E-state index is 11.5. The normalized spacial score (nSPS) is 28.4. The third-order valence-electron chi connectivity index (χ3n) is 4.39. The lowest BCUT2D eigenvalue weighted by Crippen LogP contribution is -2.57. The van der Waals surface area contributed by atoms with Crippen LogP contribution in [-0.2, 0) is 9.53 Å². The van der Waals surface area contributed by atoms with Crippen molar-refractivity contribution >= 4 is 5.97 Å². The molecule has 2 fully saturated rings. The van der Waals surface area contributed by atoms with Gasteiger partial charge in [-0.3, -0.25) is 14.6 Å². The molecule has 6 nitrogen and oxygen atoms in total. The molecule has 0 bridgehead atoms. The molecule has 2 atom stereocenters. The van der Waals surface area contributed by atoms with Crippen LogP contribution in [0.1, 0.15) is 20.3 Å². The van der Waals surface area contributed by atoms with E-state index in [9.17, 15) is 9.90 Å². The van der Waals surface area contributed by atoms with E-state index >= 15 is 0 Å². The Balaban J connectivity index is 1.86. The van der Waals surface area contributed by atoms with Crippen molar-refractivity contribution in [2.45, 2.75) is 31.8 Å². The molecule has 0 radical (unpaired) electrons. The number of likely N-dealkylation sites (N-methyl/N-ethyl adjacent to an activating group) is 1. The second-order valence-corrected chi connectivity index (χ2v) is 5.99. The zero-order valence-corrected chi connectivity index (χ0v) is 12.6. The average Bonchev–Trinajstić information content (AvgIpc) is 2.88. The molecule has 2 aliphatic heterocycles. The summed E-state index contributed by atoms with van der Waals surface area (Å²) in [5, 5.41) is 12.5. The molecular weight excluding hydrogens is 258 g/mol. The fraction of sp³-hybridized carbons (Fsp3) is 0.929. The number of ether oxygens (including phenoxy) is 1. The highest BCUT2D eigenvalue weighted by atomic mass is 16.5. The lowest BCUT2D eigenvalue weighted by Gasteiger charge is -2.33. The molecule has 2 saturated heterocycles. The predicted molar refractivity (Wildman–Crippen MR) is 77.0 cm³/mol. The molecule has 0 saturated carbocycles. The van der Waals surface area contributed by atoms with Crippen LogP contribution in [0.2, 0.25) is 0 Å². The smallest absolute Gasteiger partial charge is 0.324 e. The lowest BCUT2D eigenvalue weighted by molar-refractivity contribution is -0.144. The van der Waals surface area contributed by atoms with Gasteiger partial charge in [-0.1, -0.05) is 6.92 Å². The minimum absolute atomic E-state index is 0.554. The Morgan fingerprint density at radius 3 is 2.70 bits per heavy atom. The van der Waals surface area contributed by atoms with Crippen molar-refractivity contribution in [3.05, 3.63) is 0 Å². The van der Waals surface area contributed by atoms with Gasteiger partial charge in [-0.05, 0) is 26.4 Å². The largest absolute Gasteiger partial charge is 0.480 e. The van der Waals surface area contributed by atoms with Crippen molar-refractivity contribution in [3.8, 4) is 0 Å². The Labute approximate surface area is 121 Å². The molecule has 2 unspecified atom stereocenters. The van der Waals surface area contributed by atoms with Crippen LogP contribution in [0.25, 0.3) is 0 Å². The SMILES string of the molecule is CCNC(C)(CN1CCC(N2CCOCC2)C1)C(=O)O. The zero-order chi connectivity index (χ0) is 14.6. The number of carboxylic acids is 1. The maximum atomic E-state index is 11.5. The molecule has 0 aromatic rings. The van der Waals surface area contributed by atoms with Crippen LogP contribution < -0.4 is 5.32 Å². The van der Waals surface area contributed by atoms with Crippen LogP contribution in [0.4, 0.5) is 0 Å². The second kappa shape index (κ2) is 6.85. The van der Waals surface area contributed by atoms with E-state index in [4.69, 9.17) is 4.74 Å². The van der Waals surface area contributed by atoms with Crippen molar-refractivity contribution in [3.63, 3.8) is 0 Å². The molecule has 2 heterocycles. The number of aliphatic carboxylic acids is 1. The summed E-state index contributed by atoms with van der Waals surface area (Å²) in [5.41, 5.74) is -0.853. The number of rotatable bonds is 6. The van der Waals surface area contributed by atoms with Crippen LogP contribution >= 0.6 is 0 Å². The highest BCUT2D eigenvalue weighted by molar-refractivity contribution is 5.78. The molecule has 0 aromatic heterocycles. The molecule has 2 rings (SSSR count). The standard InChI is InChI=1S/C14H27N3O3/c1-3-15-14(2,13(18)19)11-16-5-4-12(10-16)17-6-8-20-9-7-17/h12,15H,3-11H2,1-2H3,(H,18,19). The Morgan fingerprint density at radius 2 is 2.10 bits per heavy atom. The molecule has 0 amide bonds. The second-order valence-electron chi connectivity index (χ2n) is 5.99. The molecule has 2 aliphatic rings. The summed E-state index contributed by atoms with van der Waals surface area (Å²) >= 11 is 0. The van der Waals surface area contributed by atoms with Crippen molar-refractivity contribution < 1.29 is 14.6 Å². The Bertz CT molecular complexity index is 334. The van der Waals surface area contributed by atoms with E-state index in [1.807, 2.05) is 6.92 Å². The van der Waals surface area contributed by atoms with Gasteiger partial charge in [0.2, 0.25) is 0 Å². The van der Waals surface area contributed by atoms with Gasteiger partial charge >= 0.3 is 5.97 Å². The van der Waals surface area contributed by atoms with Crippen molar-refractivity contribution in [1.29, 1.82) is 0 Å². The van der Waals surface area contributed by atoms with Crippen LogP contribution in [0.3, 0.4) is 0 Å². The van der Waals surface area contributed by atoms with E-state index in [1.54, 1.807) is 6.92 Å². The summed E-state index contributed by atoms with van der Waals surface area (Å²) in [4.78, 5) is 16.2. The number of hydrogen-bond donors (Lipinski definition) is 2. The monoisotopic (exact) mass is 285 g/mol. The van der Waals surface area contributed by atoms with Crippen molar-refractivity contribution in [1.82, 2.24) is 15.1 Å². The molecule has 116 valence electrons. The lowest BCUT2D eigenvalue weighted by atomic mass is 10.0. The van der Waals surface area contributed by atoms with Gasteiger partial charge in [-0.25, -0.2) is 0 Å². The fourth-order valence-electron chi connectivity index (χ4n) is 3.23. The predicted octanol–water partition coefficient (Wildman–Crippen LogP) is -0.154. The number of hydrogen-bond acceptors (Lipinski definition) is 5. The first-order valence-electron chi connectivity index (χ1n) is 7.58. The van der Waals surface area contributed by atoms with Crippen molar-refractivity contribution in [2.24, 2.45) is 0 Å². The summed E-state index contributed by atoms with van der Waals surface area (Å²) in [5.74, 6) is -0.769. The Morgan fingerprint density at radius 1 is 1.40 bits per heavy atom. The number of nitrogens with zero attached hydrogens (tertiary/aromatic N) is 2. The summed E-state index contributed by atoms with van der Waals surface area (Å²) in [6.45, 7) is 10.6.